The number of ether oxygens (including phenoxy) is 4. The van der Waals surface area contributed by atoms with Gasteiger partial charge < -0.3 is 23.4 Å². The van der Waals surface area contributed by atoms with Crippen LogP contribution < -0.4 is 13.9 Å². The maximum absolute atomic E-state index is 14.7. The highest BCUT2D eigenvalue weighted by Crippen LogP contribution is 2.70. The Morgan fingerprint density at radius 3 is 2.53 bits per heavy atom. The van der Waals surface area contributed by atoms with Gasteiger partial charge in [0.1, 0.15) is 17.7 Å². The fraction of sp³-hybridized carbons (Fsp3) is 0.483. The number of carbonyl (C=O) groups excluding carboxylic acids is 1. The highest BCUT2D eigenvalue weighted by molar-refractivity contribution is 6.30. The summed E-state index contributed by atoms with van der Waals surface area (Å²) >= 11 is 0. The zero-order valence-electron chi connectivity index (χ0n) is 23.8. The highest BCUT2D eigenvalue weighted by Gasteiger charge is 2.74. The first-order chi connectivity index (χ1) is 21.2. The van der Waals surface area contributed by atoms with Crippen LogP contribution in [0.3, 0.4) is 0 Å². The third kappa shape index (κ3) is 5.01. The molecule has 2 radical (unpaired) electrons. The molecule has 0 spiro atoms. The van der Waals surface area contributed by atoms with Crippen molar-refractivity contribution in [3.8, 4) is 22.9 Å². The van der Waals surface area contributed by atoms with Crippen molar-refractivity contribution in [1.29, 1.82) is 0 Å². The predicted octanol–water partition coefficient (Wildman–Crippen LogP) is 6.00. The number of esters is 1. The first-order valence-electron chi connectivity index (χ1n) is 14.1. The van der Waals surface area contributed by atoms with Crippen LogP contribution in [0.4, 0.5) is 26.3 Å². The number of nitrogens with zero attached hydrogens (tertiary/aromatic N) is 3. The van der Waals surface area contributed by atoms with Crippen LogP contribution in [0.5, 0.6) is 17.2 Å². The number of hydrogen-bond donors (Lipinski definition) is 0. The van der Waals surface area contributed by atoms with Gasteiger partial charge in [-0.2, -0.15) is 18.3 Å². The van der Waals surface area contributed by atoms with Crippen LogP contribution in [-0.2, 0) is 26.9 Å². The van der Waals surface area contributed by atoms with Gasteiger partial charge in [-0.05, 0) is 50.2 Å². The molecule has 3 aromatic rings. The van der Waals surface area contributed by atoms with Crippen LogP contribution in [0.1, 0.15) is 73.2 Å². The van der Waals surface area contributed by atoms with Gasteiger partial charge in [-0.3, -0.25) is 9.78 Å². The maximum atomic E-state index is 14.7. The molecule has 1 aliphatic heterocycles. The van der Waals surface area contributed by atoms with Gasteiger partial charge in [0.15, 0.2) is 17.2 Å². The largest absolute Gasteiger partial charge is 0.586 e. The summed E-state index contributed by atoms with van der Waals surface area (Å²) in [7, 11) is 0.900. The Labute approximate surface area is 254 Å². The van der Waals surface area contributed by atoms with E-state index in [-0.39, 0.29) is 46.4 Å². The third-order valence-electron chi connectivity index (χ3n) is 8.77. The molecule has 238 valence electrons. The molecule has 1 unspecified atom stereocenters. The minimum Gasteiger partial charge on any atom is -0.539 e. The van der Waals surface area contributed by atoms with Crippen molar-refractivity contribution in [3.05, 3.63) is 58.9 Å². The van der Waals surface area contributed by atoms with E-state index in [9.17, 15) is 31.1 Å². The third-order valence-corrected chi connectivity index (χ3v) is 9.78. The molecule has 2 atom stereocenters. The second kappa shape index (κ2) is 10.1. The topological polar surface area (TPSA) is 93.9 Å². The normalized spacial score (nSPS) is 26.4. The van der Waals surface area contributed by atoms with Crippen LogP contribution in [0.25, 0.3) is 5.69 Å². The second-order valence-electron chi connectivity index (χ2n) is 11.9. The molecule has 5 aliphatic rings. The molecule has 9 nitrogen and oxygen atoms in total. The number of halogens is 6. The average molecular weight is 654 g/mol. The Morgan fingerprint density at radius 1 is 1.13 bits per heavy atom. The van der Waals surface area contributed by atoms with E-state index in [2.05, 4.69) is 19.6 Å². The molecule has 4 aliphatic carbocycles. The van der Waals surface area contributed by atoms with Crippen LogP contribution in [0.15, 0.2) is 30.6 Å². The van der Waals surface area contributed by atoms with E-state index in [0.29, 0.717) is 32.1 Å². The standard InChI is InChI=1S/C29H25F6N3O6Si/c1-14(18-7-21-22(8-19(18)30)43-29(34,35)42-21)45-44-16-6-15(9-36-10-16)38-23-17(24(37-38)28(31,32)33)4-3-5-20(23)41-27-11-26(12-27,13-27)25(39)40-2/h6-10,14,20H,3-5,11-13H2,1-2H3/t14-,20?,26?,27?/m0/s1. The van der Waals surface area contributed by atoms with Gasteiger partial charge in [0.05, 0.1) is 41.9 Å². The van der Waals surface area contributed by atoms with E-state index >= 15 is 0 Å². The molecule has 8 rings (SSSR count). The number of hydrogen-bond acceptors (Lipinski definition) is 8. The summed E-state index contributed by atoms with van der Waals surface area (Å²) in [5.74, 6) is -1.65. The Hall–Kier alpha value is -3.79. The number of carbonyl (C=O) groups is 1. The Morgan fingerprint density at radius 2 is 1.84 bits per heavy atom. The Bertz CT molecular complexity index is 1680. The molecule has 16 heteroatoms. The minimum atomic E-state index is -4.71. The SMILES string of the molecule is COC(=O)C12CC(OC3CCCc4c(C(F)(F)F)nn(-c5cncc(O[Si][C@@H](C)c6cc7c(cc6F)OC(F)(F)O7)c5)c43)(C1)C2. The van der Waals surface area contributed by atoms with Crippen molar-refractivity contribution in [2.24, 2.45) is 5.41 Å². The van der Waals surface area contributed by atoms with Gasteiger partial charge in [-0.15, -0.1) is 8.78 Å². The first kappa shape index (κ1) is 29.9. The summed E-state index contributed by atoms with van der Waals surface area (Å²) in [5, 5.41) is 3.97. The lowest BCUT2D eigenvalue weighted by Crippen LogP contribution is -2.71. The number of alkyl halides is 5. The lowest BCUT2D eigenvalue weighted by atomic mass is 9.41. The van der Waals surface area contributed by atoms with Gasteiger partial charge in [0.25, 0.3) is 0 Å². The van der Waals surface area contributed by atoms with Crippen LogP contribution in [0, 0.1) is 11.2 Å². The van der Waals surface area contributed by atoms with Gasteiger partial charge in [0.2, 0.25) is 0 Å². The van der Waals surface area contributed by atoms with Crippen LogP contribution in [-0.4, -0.2) is 49.5 Å². The Balaban J connectivity index is 1.13. The molecule has 0 saturated heterocycles. The van der Waals surface area contributed by atoms with E-state index in [1.54, 1.807) is 6.92 Å². The zero-order chi connectivity index (χ0) is 31.9. The van der Waals surface area contributed by atoms with Crippen molar-refractivity contribution < 1.29 is 54.5 Å². The lowest BCUT2D eigenvalue weighted by molar-refractivity contribution is -0.301. The van der Waals surface area contributed by atoms with E-state index in [1.807, 2.05) is 0 Å². The molecule has 3 saturated carbocycles. The molecule has 1 aromatic carbocycles. The van der Waals surface area contributed by atoms with Crippen LogP contribution >= 0.6 is 0 Å². The molecule has 0 N–H and O–H groups in total. The van der Waals surface area contributed by atoms with E-state index in [1.165, 1.54) is 30.3 Å². The summed E-state index contributed by atoms with van der Waals surface area (Å²) in [4.78, 5) is 16.3. The summed E-state index contributed by atoms with van der Waals surface area (Å²) in [6, 6.07) is 3.40. The van der Waals surface area contributed by atoms with Crippen LogP contribution in [0.2, 0.25) is 0 Å². The lowest BCUT2D eigenvalue weighted by Gasteiger charge is -2.68. The molecule has 2 bridgehead atoms. The fourth-order valence-electron chi connectivity index (χ4n) is 6.85. The summed E-state index contributed by atoms with van der Waals surface area (Å²) in [6.07, 6.45) is -4.13. The van der Waals surface area contributed by atoms with Crippen molar-refractivity contribution in [2.75, 3.05) is 7.11 Å². The number of rotatable bonds is 8. The smallest absolute Gasteiger partial charge is 0.539 e. The Kier molecular flexibility index (Phi) is 6.71. The molecular weight excluding hydrogens is 628 g/mol. The summed E-state index contributed by atoms with van der Waals surface area (Å²) in [6.45, 7) is 1.62. The van der Waals surface area contributed by atoms with E-state index < -0.39 is 62.2 Å². The summed E-state index contributed by atoms with van der Waals surface area (Å²) in [5.41, 5.74) is -2.21. The molecule has 2 aromatic heterocycles. The van der Waals surface area contributed by atoms with Crippen molar-refractivity contribution in [2.45, 2.75) is 75.2 Å². The fourth-order valence-corrected chi connectivity index (χ4v) is 7.63. The maximum Gasteiger partial charge on any atom is 0.586 e. The van der Waals surface area contributed by atoms with Crippen molar-refractivity contribution >= 4 is 15.7 Å². The molecule has 45 heavy (non-hydrogen) atoms. The molecule has 0 amide bonds. The molecular formula is C29H25F6N3O6Si. The highest BCUT2D eigenvalue weighted by atomic mass is 28.2. The minimum absolute atomic E-state index is 0.0519. The molecule has 3 fully saturated rings. The zero-order valence-corrected chi connectivity index (χ0v) is 24.8. The van der Waals surface area contributed by atoms with Crippen molar-refractivity contribution in [3.63, 3.8) is 0 Å². The first-order valence-corrected chi connectivity index (χ1v) is 15.1. The number of aromatic nitrogens is 3. The van der Waals surface area contributed by atoms with Gasteiger partial charge in [-0.1, -0.05) is 6.92 Å². The average Bonchev–Trinajstić information content (AvgIpc) is 3.49. The number of pyridine rings is 1. The van der Waals surface area contributed by atoms with E-state index in [4.69, 9.17) is 13.9 Å². The van der Waals surface area contributed by atoms with Crippen molar-refractivity contribution in [1.82, 2.24) is 14.8 Å². The van der Waals surface area contributed by atoms with Gasteiger partial charge in [-0.25, -0.2) is 9.07 Å². The number of methoxy groups -OCH3 is 1. The van der Waals surface area contributed by atoms with Gasteiger partial charge >= 0.3 is 28.2 Å². The molecule has 3 heterocycles. The monoisotopic (exact) mass is 653 g/mol. The van der Waals surface area contributed by atoms with Gasteiger partial charge in [0, 0.05) is 23.2 Å². The van der Waals surface area contributed by atoms with E-state index in [0.717, 1.165) is 12.1 Å². The summed E-state index contributed by atoms with van der Waals surface area (Å²) < 4.78 is 111. The quantitative estimate of drug-likeness (QED) is 0.166. The number of fused-ring (bicyclic) bond motifs is 2. The second-order valence-corrected chi connectivity index (χ2v) is 13.2. The predicted molar refractivity (Wildman–Crippen MR) is 142 cm³/mol. The number of benzene rings is 1.